The first-order chi connectivity index (χ1) is 8.33. The maximum absolute atomic E-state index is 5.91. The fraction of sp³-hybridized carbons (Fsp3) is 0.333. The van der Waals surface area contributed by atoms with Crippen LogP contribution in [-0.2, 0) is 0 Å². The van der Waals surface area contributed by atoms with Gasteiger partial charge in [-0.3, -0.25) is 0 Å². The number of nitrogens with zero attached hydrogens (tertiary/aromatic N) is 2. The number of benzene rings is 1. The van der Waals surface area contributed by atoms with Gasteiger partial charge in [-0.25, -0.2) is 0 Å². The SMILES string of the molecule is Clc1ccc(C(Nc2nncs2)C2CC2)cc1. The Bertz CT molecular complexity index is 479. The molecular formula is C12H12ClN3S. The van der Waals surface area contributed by atoms with E-state index in [1.165, 1.54) is 29.7 Å². The molecular weight excluding hydrogens is 254 g/mol. The predicted octanol–water partition coefficient (Wildman–Crippen LogP) is 3.75. The van der Waals surface area contributed by atoms with E-state index in [4.69, 9.17) is 11.6 Å². The van der Waals surface area contributed by atoms with Crippen molar-refractivity contribution in [2.24, 2.45) is 5.92 Å². The van der Waals surface area contributed by atoms with Crippen molar-refractivity contribution < 1.29 is 0 Å². The molecule has 1 aliphatic rings. The monoisotopic (exact) mass is 265 g/mol. The molecule has 5 heteroatoms. The van der Waals surface area contributed by atoms with Crippen molar-refractivity contribution in [3.8, 4) is 0 Å². The number of anilines is 1. The number of hydrogen-bond acceptors (Lipinski definition) is 4. The number of aromatic nitrogens is 2. The molecule has 1 saturated carbocycles. The van der Waals surface area contributed by atoms with Crippen LogP contribution in [0.2, 0.25) is 5.02 Å². The molecule has 1 atom stereocenters. The summed E-state index contributed by atoms with van der Waals surface area (Å²) in [6, 6.07) is 8.38. The van der Waals surface area contributed by atoms with Gasteiger partial charge in [0.05, 0.1) is 6.04 Å². The molecule has 1 aromatic carbocycles. The van der Waals surface area contributed by atoms with Crippen molar-refractivity contribution in [3.63, 3.8) is 0 Å². The van der Waals surface area contributed by atoms with Crippen LogP contribution in [-0.4, -0.2) is 10.2 Å². The zero-order valence-corrected chi connectivity index (χ0v) is 10.7. The largest absolute Gasteiger partial charge is 0.353 e. The molecule has 3 rings (SSSR count). The quantitative estimate of drug-likeness (QED) is 0.915. The molecule has 1 fully saturated rings. The van der Waals surface area contributed by atoms with Gasteiger partial charge in [-0.15, -0.1) is 10.2 Å². The molecule has 0 aliphatic heterocycles. The smallest absolute Gasteiger partial charge is 0.205 e. The summed E-state index contributed by atoms with van der Waals surface area (Å²) in [5.74, 6) is 0.708. The van der Waals surface area contributed by atoms with Crippen molar-refractivity contribution in [2.45, 2.75) is 18.9 Å². The highest BCUT2D eigenvalue weighted by Crippen LogP contribution is 2.43. The third-order valence-corrected chi connectivity index (χ3v) is 3.84. The summed E-state index contributed by atoms with van der Waals surface area (Å²) < 4.78 is 0. The van der Waals surface area contributed by atoms with E-state index in [9.17, 15) is 0 Å². The second-order valence-corrected chi connectivity index (χ2v) is 5.52. The Morgan fingerprint density at radius 2 is 2.06 bits per heavy atom. The molecule has 0 saturated heterocycles. The molecule has 1 aliphatic carbocycles. The van der Waals surface area contributed by atoms with Crippen LogP contribution in [0.4, 0.5) is 5.13 Å². The van der Waals surface area contributed by atoms with Gasteiger partial charge >= 0.3 is 0 Å². The maximum Gasteiger partial charge on any atom is 0.205 e. The molecule has 0 amide bonds. The minimum Gasteiger partial charge on any atom is -0.353 e. The highest BCUT2D eigenvalue weighted by atomic mass is 35.5. The molecule has 17 heavy (non-hydrogen) atoms. The Morgan fingerprint density at radius 1 is 1.29 bits per heavy atom. The Balaban J connectivity index is 1.82. The van der Waals surface area contributed by atoms with Crippen LogP contribution in [0.15, 0.2) is 29.8 Å². The van der Waals surface area contributed by atoms with Crippen LogP contribution in [0.3, 0.4) is 0 Å². The van der Waals surface area contributed by atoms with Gasteiger partial charge in [-0.2, -0.15) is 0 Å². The Morgan fingerprint density at radius 3 is 2.65 bits per heavy atom. The molecule has 2 aromatic rings. The zero-order chi connectivity index (χ0) is 11.7. The zero-order valence-electron chi connectivity index (χ0n) is 9.14. The average molecular weight is 266 g/mol. The van der Waals surface area contributed by atoms with Crippen molar-refractivity contribution in [1.29, 1.82) is 0 Å². The molecule has 1 aromatic heterocycles. The number of rotatable bonds is 4. The second-order valence-electron chi connectivity index (χ2n) is 4.25. The molecule has 1 N–H and O–H groups in total. The van der Waals surface area contributed by atoms with E-state index in [1.54, 1.807) is 5.51 Å². The number of hydrogen-bond donors (Lipinski definition) is 1. The lowest BCUT2D eigenvalue weighted by Crippen LogP contribution is -2.12. The van der Waals surface area contributed by atoms with Crippen molar-refractivity contribution in [3.05, 3.63) is 40.4 Å². The Labute approximate surface area is 109 Å². The third kappa shape index (κ3) is 2.58. The molecule has 0 spiro atoms. The highest BCUT2D eigenvalue weighted by Gasteiger charge is 2.32. The highest BCUT2D eigenvalue weighted by molar-refractivity contribution is 7.13. The summed E-state index contributed by atoms with van der Waals surface area (Å²) in [7, 11) is 0. The van der Waals surface area contributed by atoms with E-state index >= 15 is 0 Å². The minimum absolute atomic E-state index is 0.334. The lowest BCUT2D eigenvalue weighted by molar-refractivity contribution is 0.677. The van der Waals surface area contributed by atoms with Crippen molar-refractivity contribution in [1.82, 2.24) is 10.2 Å². The van der Waals surface area contributed by atoms with Gasteiger partial charge in [0.2, 0.25) is 5.13 Å². The first kappa shape index (κ1) is 11.0. The van der Waals surface area contributed by atoms with Crippen molar-refractivity contribution in [2.75, 3.05) is 5.32 Å². The van der Waals surface area contributed by atoms with Crippen LogP contribution in [0.1, 0.15) is 24.4 Å². The van der Waals surface area contributed by atoms with Gasteiger partial charge in [0, 0.05) is 5.02 Å². The summed E-state index contributed by atoms with van der Waals surface area (Å²) in [4.78, 5) is 0. The minimum atomic E-state index is 0.334. The summed E-state index contributed by atoms with van der Waals surface area (Å²) in [5.41, 5.74) is 3.01. The first-order valence-corrected chi connectivity index (χ1v) is 6.87. The van der Waals surface area contributed by atoms with E-state index in [1.807, 2.05) is 12.1 Å². The van der Waals surface area contributed by atoms with E-state index < -0.39 is 0 Å². The van der Waals surface area contributed by atoms with Gasteiger partial charge in [0.25, 0.3) is 0 Å². The normalized spacial score (nSPS) is 16.8. The number of nitrogens with one attached hydrogen (secondary N) is 1. The number of halogens is 1. The molecule has 0 radical (unpaired) electrons. The van der Waals surface area contributed by atoms with Crippen molar-refractivity contribution >= 4 is 28.1 Å². The molecule has 3 nitrogen and oxygen atoms in total. The van der Waals surface area contributed by atoms with Crippen LogP contribution < -0.4 is 5.32 Å². The van der Waals surface area contributed by atoms with Crippen LogP contribution in [0.25, 0.3) is 0 Å². The van der Waals surface area contributed by atoms with Crippen LogP contribution >= 0.6 is 22.9 Å². The van der Waals surface area contributed by atoms with E-state index in [-0.39, 0.29) is 0 Å². The Hall–Kier alpha value is -1.13. The molecule has 1 heterocycles. The summed E-state index contributed by atoms with van der Waals surface area (Å²) in [6.07, 6.45) is 2.55. The standard InChI is InChI=1S/C12H12ClN3S/c13-10-5-3-9(4-6-10)11(8-1-2-8)15-12-16-14-7-17-12/h3-8,11H,1-2H2,(H,15,16). The lowest BCUT2D eigenvalue weighted by Gasteiger charge is -2.17. The van der Waals surface area contributed by atoms with E-state index in [2.05, 4.69) is 27.6 Å². The predicted molar refractivity (Wildman–Crippen MR) is 70.4 cm³/mol. The van der Waals surface area contributed by atoms with E-state index in [0.717, 1.165) is 10.2 Å². The molecule has 0 bridgehead atoms. The average Bonchev–Trinajstić information content (AvgIpc) is 3.05. The summed E-state index contributed by atoms with van der Waals surface area (Å²) in [5, 5.41) is 13.0. The topological polar surface area (TPSA) is 37.8 Å². The molecule has 88 valence electrons. The first-order valence-electron chi connectivity index (χ1n) is 5.61. The fourth-order valence-electron chi connectivity index (χ4n) is 1.94. The molecule has 1 unspecified atom stereocenters. The lowest BCUT2D eigenvalue weighted by atomic mass is 10.0. The second kappa shape index (κ2) is 4.63. The van der Waals surface area contributed by atoms with E-state index in [0.29, 0.717) is 12.0 Å². The van der Waals surface area contributed by atoms with Gasteiger partial charge in [0.1, 0.15) is 5.51 Å². The van der Waals surface area contributed by atoms with Gasteiger partial charge in [0.15, 0.2) is 0 Å². The van der Waals surface area contributed by atoms with Gasteiger partial charge in [-0.05, 0) is 36.5 Å². The Kier molecular flexibility index (Phi) is 2.99. The van der Waals surface area contributed by atoms with Crippen LogP contribution in [0.5, 0.6) is 0 Å². The van der Waals surface area contributed by atoms with Gasteiger partial charge < -0.3 is 5.32 Å². The fourth-order valence-corrected chi connectivity index (χ4v) is 2.55. The summed E-state index contributed by atoms with van der Waals surface area (Å²) >= 11 is 7.45. The van der Waals surface area contributed by atoms with Crippen LogP contribution in [0, 0.1) is 5.92 Å². The third-order valence-electron chi connectivity index (χ3n) is 2.96. The maximum atomic E-state index is 5.91. The summed E-state index contributed by atoms with van der Waals surface area (Å²) in [6.45, 7) is 0. The van der Waals surface area contributed by atoms with Gasteiger partial charge in [-0.1, -0.05) is 35.1 Å².